The lowest BCUT2D eigenvalue weighted by Gasteiger charge is -2.33. The SMILES string of the molecule is Cc1ccc(C(=O)NC2CCN(C(=O)N(C)C)CC2)cc1C. The van der Waals surface area contributed by atoms with Crippen LogP contribution in [0.3, 0.4) is 0 Å². The van der Waals surface area contributed by atoms with Crippen molar-refractivity contribution < 1.29 is 9.59 Å². The van der Waals surface area contributed by atoms with Gasteiger partial charge >= 0.3 is 6.03 Å². The van der Waals surface area contributed by atoms with E-state index in [0.717, 1.165) is 18.4 Å². The number of amides is 3. The van der Waals surface area contributed by atoms with Gasteiger partial charge in [-0.05, 0) is 49.9 Å². The number of urea groups is 1. The number of carbonyl (C=O) groups excluding carboxylic acids is 2. The van der Waals surface area contributed by atoms with Crippen molar-refractivity contribution in [2.24, 2.45) is 0 Å². The Kier molecular flexibility index (Phi) is 5.06. The molecule has 0 unspecified atom stereocenters. The number of aryl methyl sites for hydroxylation is 2. The lowest BCUT2D eigenvalue weighted by Crippen LogP contribution is -2.49. The van der Waals surface area contributed by atoms with Crippen molar-refractivity contribution in [3.8, 4) is 0 Å². The first kappa shape index (κ1) is 16.3. The van der Waals surface area contributed by atoms with E-state index in [0.29, 0.717) is 18.7 Å². The molecular weight excluding hydrogens is 278 g/mol. The first-order chi connectivity index (χ1) is 10.4. The first-order valence-corrected chi connectivity index (χ1v) is 7.73. The number of hydrogen-bond donors (Lipinski definition) is 1. The van der Waals surface area contributed by atoms with Gasteiger partial charge < -0.3 is 15.1 Å². The molecule has 3 amide bonds. The van der Waals surface area contributed by atoms with Gasteiger partial charge in [0.15, 0.2) is 0 Å². The Hall–Kier alpha value is -2.04. The number of benzene rings is 1. The molecule has 0 atom stereocenters. The summed E-state index contributed by atoms with van der Waals surface area (Å²) in [5.74, 6) is -0.0273. The van der Waals surface area contributed by atoms with Crippen LogP contribution >= 0.6 is 0 Å². The van der Waals surface area contributed by atoms with E-state index in [4.69, 9.17) is 0 Å². The standard InChI is InChI=1S/C17H25N3O2/c1-12-5-6-14(11-13(12)2)16(21)18-15-7-9-20(10-8-15)17(22)19(3)4/h5-6,11,15H,7-10H2,1-4H3,(H,18,21). The van der Waals surface area contributed by atoms with Crippen molar-refractivity contribution in [3.63, 3.8) is 0 Å². The van der Waals surface area contributed by atoms with Gasteiger partial charge in [0.05, 0.1) is 0 Å². The molecule has 5 heteroatoms. The van der Waals surface area contributed by atoms with Crippen LogP contribution in [0.25, 0.3) is 0 Å². The van der Waals surface area contributed by atoms with Crippen LogP contribution in [0.1, 0.15) is 34.3 Å². The summed E-state index contributed by atoms with van der Waals surface area (Å²) in [6, 6.07) is 5.94. The molecule has 0 aromatic heterocycles. The number of hydrogen-bond acceptors (Lipinski definition) is 2. The molecule has 1 saturated heterocycles. The Bertz CT molecular complexity index is 561. The first-order valence-electron chi connectivity index (χ1n) is 7.73. The highest BCUT2D eigenvalue weighted by Crippen LogP contribution is 2.14. The van der Waals surface area contributed by atoms with E-state index < -0.39 is 0 Å². The van der Waals surface area contributed by atoms with E-state index >= 15 is 0 Å². The summed E-state index contributed by atoms with van der Waals surface area (Å²) in [5, 5.41) is 3.08. The van der Waals surface area contributed by atoms with E-state index in [9.17, 15) is 9.59 Å². The minimum Gasteiger partial charge on any atom is -0.349 e. The molecule has 1 aromatic rings. The maximum Gasteiger partial charge on any atom is 0.319 e. The molecule has 1 N–H and O–H groups in total. The molecule has 120 valence electrons. The molecule has 1 aromatic carbocycles. The van der Waals surface area contributed by atoms with Gasteiger partial charge in [0, 0.05) is 38.8 Å². The Balaban J connectivity index is 1.89. The zero-order valence-corrected chi connectivity index (χ0v) is 13.8. The fraction of sp³-hybridized carbons (Fsp3) is 0.529. The number of carbonyl (C=O) groups is 2. The van der Waals surface area contributed by atoms with Gasteiger partial charge in [-0.25, -0.2) is 4.79 Å². The van der Waals surface area contributed by atoms with Gasteiger partial charge in [-0.2, -0.15) is 0 Å². The third-order valence-corrected chi connectivity index (χ3v) is 4.25. The molecular formula is C17H25N3O2. The molecule has 1 fully saturated rings. The van der Waals surface area contributed by atoms with Crippen molar-refractivity contribution in [2.75, 3.05) is 27.2 Å². The van der Waals surface area contributed by atoms with E-state index in [-0.39, 0.29) is 18.0 Å². The van der Waals surface area contributed by atoms with E-state index in [1.165, 1.54) is 5.56 Å². The van der Waals surface area contributed by atoms with Crippen LogP contribution in [0.5, 0.6) is 0 Å². The Morgan fingerprint density at radius 3 is 2.32 bits per heavy atom. The number of nitrogens with zero attached hydrogens (tertiary/aromatic N) is 2. The number of likely N-dealkylation sites (tertiary alicyclic amines) is 1. The predicted molar refractivity (Wildman–Crippen MR) is 87.1 cm³/mol. The predicted octanol–water partition coefficient (Wildman–Crippen LogP) is 2.18. The summed E-state index contributed by atoms with van der Waals surface area (Å²) in [5.41, 5.74) is 3.01. The molecule has 1 heterocycles. The molecule has 0 saturated carbocycles. The fourth-order valence-electron chi connectivity index (χ4n) is 2.65. The van der Waals surface area contributed by atoms with Crippen molar-refractivity contribution in [2.45, 2.75) is 32.7 Å². The van der Waals surface area contributed by atoms with E-state index in [2.05, 4.69) is 5.32 Å². The quantitative estimate of drug-likeness (QED) is 0.910. The molecule has 0 radical (unpaired) electrons. The molecule has 0 aliphatic carbocycles. The van der Waals surface area contributed by atoms with Crippen LogP contribution in [0.4, 0.5) is 4.79 Å². The summed E-state index contributed by atoms with van der Waals surface area (Å²) in [7, 11) is 3.52. The van der Waals surface area contributed by atoms with Crippen LogP contribution in [0.15, 0.2) is 18.2 Å². The summed E-state index contributed by atoms with van der Waals surface area (Å²) in [6.45, 7) is 5.43. The Labute approximate surface area is 132 Å². The van der Waals surface area contributed by atoms with Crippen molar-refractivity contribution in [1.29, 1.82) is 0 Å². The maximum atomic E-state index is 12.3. The zero-order chi connectivity index (χ0) is 16.3. The normalized spacial score (nSPS) is 15.5. The average Bonchev–Trinajstić information content (AvgIpc) is 2.50. The summed E-state index contributed by atoms with van der Waals surface area (Å²) < 4.78 is 0. The summed E-state index contributed by atoms with van der Waals surface area (Å²) in [6.07, 6.45) is 1.60. The second kappa shape index (κ2) is 6.81. The highest BCUT2D eigenvalue weighted by atomic mass is 16.2. The molecule has 22 heavy (non-hydrogen) atoms. The van der Waals surface area contributed by atoms with Crippen LogP contribution in [-0.2, 0) is 0 Å². The van der Waals surface area contributed by atoms with Crippen LogP contribution in [0, 0.1) is 13.8 Å². The number of nitrogens with one attached hydrogen (secondary N) is 1. The minimum absolute atomic E-state index is 0.0273. The third-order valence-electron chi connectivity index (χ3n) is 4.25. The summed E-state index contributed by atoms with van der Waals surface area (Å²) in [4.78, 5) is 27.6. The largest absolute Gasteiger partial charge is 0.349 e. The lowest BCUT2D eigenvalue weighted by atomic mass is 10.0. The molecule has 0 bridgehead atoms. The van der Waals surface area contributed by atoms with Gasteiger partial charge in [-0.15, -0.1) is 0 Å². The number of rotatable bonds is 2. The van der Waals surface area contributed by atoms with Crippen LogP contribution < -0.4 is 5.32 Å². The molecule has 1 aliphatic rings. The molecule has 2 rings (SSSR count). The van der Waals surface area contributed by atoms with Gasteiger partial charge in [0.1, 0.15) is 0 Å². The second-order valence-corrected chi connectivity index (χ2v) is 6.21. The topological polar surface area (TPSA) is 52.7 Å². The molecule has 0 spiro atoms. The Morgan fingerprint density at radius 1 is 1.14 bits per heavy atom. The zero-order valence-electron chi connectivity index (χ0n) is 13.8. The van der Waals surface area contributed by atoms with E-state index in [1.807, 2.05) is 36.9 Å². The maximum absolute atomic E-state index is 12.3. The third kappa shape index (κ3) is 3.78. The highest BCUT2D eigenvalue weighted by Gasteiger charge is 2.24. The van der Waals surface area contributed by atoms with Gasteiger partial charge in [-0.1, -0.05) is 6.07 Å². The average molecular weight is 303 g/mol. The van der Waals surface area contributed by atoms with Gasteiger partial charge in [0.2, 0.25) is 0 Å². The van der Waals surface area contributed by atoms with Crippen LogP contribution in [0.2, 0.25) is 0 Å². The Morgan fingerprint density at radius 2 is 1.77 bits per heavy atom. The van der Waals surface area contributed by atoms with Crippen LogP contribution in [-0.4, -0.2) is 55.0 Å². The van der Waals surface area contributed by atoms with Gasteiger partial charge in [-0.3, -0.25) is 4.79 Å². The molecule has 1 aliphatic heterocycles. The number of piperidine rings is 1. The van der Waals surface area contributed by atoms with Gasteiger partial charge in [0.25, 0.3) is 5.91 Å². The smallest absolute Gasteiger partial charge is 0.319 e. The molecule has 5 nitrogen and oxygen atoms in total. The minimum atomic E-state index is -0.0273. The van der Waals surface area contributed by atoms with Crippen molar-refractivity contribution in [1.82, 2.24) is 15.1 Å². The summed E-state index contributed by atoms with van der Waals surface area (Å²) >= 11 is 0. The highest BCUT2D eigenvalue weighted by molar-refractivity contribution is 5.94. The fourth-order valence-corrected chi connectivity index (χ4v) is 2.65. The van der Waals surface area contributed by atoms with Crippen molar-refractivity contribution >= 4 is 11.9 Å². The van der Waals surface area contributed by atoms with Crippen molar-refractivity contribution in [3.05, 3.63) is 34.9 Å². The second-order valence-electron chi connectivity index (χ2n) is 6.21. The van der Waals surface area contributed by atoms with E-state index in [1.54, 1.807) is 19.0 Å². The lowest BCUT2D eigenvalue weighted by molar-refractivity contribution is 0.0914. The monoisotopic (exact) mass is 303 g/mol.